The summed E-state index contributed by atoms with van der Waals surface area (Å²) in [5.74, 6) is 0.743. The van der Waals surface area contributed by atoms with Gasteiger partial charge in [-0.3, -0.25) is 9.59 Å². The van der Waals surface area contributed by atoms with Crippen LogP contribution in [0.1, 0.15) is 60.3 Å². The number of ether oxygens (including phenoxy) is 2. The molecule has 2 heterocycles. The van der Waals surface area contributed by atoms with Gasteiger partial charge >= 0.3 is 0 Å². The summed E-state index contributed by atoms with van der Waals surface area (Å²) in [6, 6.07) is 7.65. The van der Waals surface area contributed by atoms with Crippen LogP contribution in [-0.2, 0) is 11.2 Å². The molecule has 3 N–H and O–H groups in total. The number of primary amides is 1. The number of hydrogen-bond acceptors (Lipinski definition) is 5. The molecular formula is C26H32N4O4. The number of aromatic nitrogens is 2. The fourth-order valence-corrected chi connectivity index (χ4v) is 4.64. The Kier molecular flexibility index (Phi) is 7.35. The molecule has 0 bridgehead atoms. The van der Waals surface area contributed by atoms with Crippen LogP contribution >= 0.6 is 0 Å². The van der Waals surface area contributed by atoms with Gasteiger partial charge in [-0.25, -0.2) is 4.68 Å². The van der Waals surface area contributed by atoms with E-state index in [0.29, 0.717) is 30.0 Å². The molecule has 1 aromatic heterocycles. The third-order valence-corrected chi connectivity index (χ3v) is 6.58. The number of amides is 2. The normalized spacial score (nSPS) is 22.7. The second-order valence-electron chi connectivity index (χ2n) is 8.80. The number of methoxy groups -OCH3 is 2. The van der Waals surface area contributed by atoms with E-state index in [1.165, 1.54) is 0 Å². The van der Waals surface area contributed by atoms with Crippen molar-refractivity contribution in [2.24, 2.45) is 11.7 Å². The number of carbonyl (C=O) groups excluding carboxylic acids is 2. The summed E-state index contributed by atoms with van der Waals surface area (Å²) in [6.07, 6.45) is 11.8. The van der Waals surface area contributed by atoms with Crippen LogP contribution in [0.5, 0.6) is 11.5 Å². The quantitative estimate of drug-likeness (QED) is 0.681. The number of benzene rings is 1. The minimum absolute atomic E-state index is 0.0272. The summed E-state index contributed by atoms with van der Waals surface area (Å²) in [6.45, 7) is 0. The van der Waals surface area contributed by atoms with Crippen LogP contribution in [0.15, 0.2) is 42.5 Å². The van der Waals surface area contributed by atoms with Gasteiger partial charge in [0.1, 0.15) is 0 Å². The van der Waals surface area contributed by atoms with E-state index in [1.54, 1.807) is 14.2 Å². The topological polar surface area (TPSA) is 108 Å². The van der Waals surface area contributed by atoms with Crippen LogP contribution in [0.2, 0.25) is 0 Å². The van der Waals surface area contributed by atoms with Gasteiger partial charge in [0.15, 0.2) is 17.2 Å². The fraction of sp³-hybridized carbons (Fsp3) is 0.423. The lowest BCUT2D eigenvalue weighted by atomic mass is 9.85. The summed E-state index contributed by atoms with van der Waals surface area (Å²) in [4.78, 5) is 24.5. The van der Waals surface area contributed by atoms with Gasteiger partial charge < -0.3 is 20.5 Å². The maximum atomic E-state index is 13.1. The van der Waals surface area contributed by atoms with E-state index in [0.717, 1.165) is 49.1 Å². The first-order valence-electron chi connectivity index (χ1n) is 11.8. The second kappa shape index (κ2) is 10.6. The van der Waals surface area contributed by atoms with Gasteiger partial charge in [0.05, 0.1) is 19.9 Å². The van der Waals surface area contributed by atoms with Crippen molar-refractivity contribution in [1.29, 1.82) is 0 Å². The number of rotatable bonds is 6. The van der Waals surface area contributed by atoms with Crippen molar-refractivity contribution < 1.29 is 19.1 Å². The molecule has 1 fully saturated rings. The average molecular weight is 465 g/mol. The van der Waals surface area contributed by atoms with Crippen LogP contribution in [0.25, 0.3) is 5.70 Å². The maximum Gasteiger partial charge on any atom is 0.272 e. The summed E-state index contributed by atoms with van der Waals surface area (Å²) < 4.78 is 12.7. The van der Waals surface area contributed by atoms with Crippen LogP contribution in [-0.4, -0.2) is 41.9 Å². The molecule has 1 saturated carbocycles. The summed E-state index contributed by atoms with van der Waals surface area (Å²) in [5.41, 5.74) is 8.56. The molecule has 180 valence electrons. The summed E-state index contributed by atoms with van der Waals surface area (Å²) in [7, 11) is 3.22. The summed E-state index contributed by atoms with van der Waals surface area (Å²) >= 11 is 0. The minimum Gasteiger partial charge on any atom is -0.493 e. The second-order valence-corrected chi connectivity index (χ2v) is 8.80. The number of nitrogens with zero attached hydrogens (tertiary/aromatic N) is 2. The molecule has 8 nitrogen and oxygen atoms in total. The van der Waals surface area contributed by atoms with Crippen molar-refractivity contribution in [3.05, 3.63) is 59.4 Å². The Morgan fingerprint density at radius 3 is 2.56 bits per heavy atom. The average Bonchev–Trinajstić information content (AvgIpc) is 3.29. The number of carbonyl (C=O) groups is 2. The molecule has 0 saturated heterocycles. The number of fused-ring (bicyclic) bond motifs is 1. The molecular weight excluding hydrogens is 432 g/mol. The summed E-state index contributed by atoms with van der Waals surface area (Å²) in [5, 5.41) is 7.81. The van der Waals surface area contributed by atoms with Gasteiger partial charge in [0.2, 0.25) is 5.91 Å². The minimum atomic E-state index is -0.252. The molecule has 2 aromatic rings. The molecule has 1 aliphatic carbocycles. The van der Waals surface area contributed by atoms with E-state index in [1.807, 2.05) is 41.1 Å². The molecule has 0 spiro atoms. The molecule has 1 aromatic carbocycles. The van der Waals surface area contributed by atoms with E-state index >= 15 is 0 Å². The zero-order valence-corrected chi connectivity index (χ0v) is 19.8. The van der Waals surface area contributed by atoms with Crippen molar-refractivity contribution in [3.63, 3.8) is 0 Å². The standard InChI is InChI=1S/C26H32N4O4/c1-33-23-14-11-18(15-24(23)34-2)22-8-6-4-3-5-7-20-16-21(29-30(20)22)26(32)28-19-12-9-17(10-13-19)25(27)31/h4,6,8,11,14-17,19H,3,5,7,9-10,12-13H2,1-2H3,(H2,27,31)(H,28,32)/b6-4-,22-8-/t17-,19+. The molecule has 1 aliphatic heterocycles. The van der Waals surface area contributed by atoms with Crippen molar-refractivity contribution >= 4 is 17.5 Å². The zero-order chi connectivity index (χ0) is 24.1. The van der Waals surface area contributed by atoms with Crippen LogP contribution < -0.4 is 20.5 Å². The van der Waals surface area contributed by atoms with Gasteiger partial charge in [-0.05, 0) is 75.3 Å². The van der Waals surface area contributed by atoms with Gasteiger partial charge in [0, 0.05) is 23.2 Å². The van der Waals surface area contributed by atoms with Crippen molar-refractivity contribution in [1.82, 2.24) is 15.1 Å². The highest BCUT2D eigenvalue weighted by Gasteiger charge is 2.27. The zero-order valence-electron chi connectivity index (χ0n) is 19.8. The smallest absolute Gasteiger partial charge is 0.272 e. The van der Waals surface area contributed by atoms with Crippen LogP contribution in [0.3, 0.4) is 0 Å². The SMILES string of the molecule is COc1ccc(/C2=C/C=C\CCCc3cc(C(=O)N[C@H]4CC[C@@H](C(N)=O)CC4)nn32)cc1OC. The highest BCUT2D eigenvalue weighted by molar-refractivity contribution is 5.93. The van der Waals surface area contributed by atoms with Crippen molar-refractivity contribution in [3.8, 4) is 11.5 Å². The first-order valence-corrected chi connectivity index (χ1v) is 11.8. The first kappa shape index (κ1) is 23.6. The van der Waals surface area contributed by atoms with Gasteiger partial charge in [-0.2, -0.15) is 5.10 Å². The molecule has 0 atom stereocenters. The molecule has 2 aliphatic rings. The van der Waals surface area contributed by atoms with Crippen molar-refractivity contribution in [2.45, 2.75) is 51.0 Å². The third kappa shape index (κ3) is 5.16. The lowest BCUT2D eigenvalue weighted by molar-refractivity contribution is -0.122. The van der Waals surface area contributed by atoms with Crippen LogP contribution in [0.4, 0.5) is 0 Å². The number of nitrogens with two attached hydrogens (primary N) is 1. The molecule has 8 heteroatoms. The number of hydrogen-bond donors (Lipinski definition) is 2. The monoisotopic (exact) mass is 464 g/mol. The maximum absolute atomic E-state index is 13.1. The Balaban J connectivity index is 1.60. The first-order chi connectivity index (χ1) is 16.5. The Labute approximate surface area is 199 Å². The Bertz CT molecular complexity index is 1110. The predicted molar refractivity (Wildman–Crippen MR) is 130 cm³/mol. The van der Waals surface area contributed by atoms with E-state index in [9.17, 15) is 9.59 Å². The molecule has 0 unspecified atom stereocenters. The Morgan fingerprint density at radius 1 is 1.09 bits per heavy atom. The molecule has 2 amide bonds. The lowest BCUT2D eigenvalue weighted by Crippen LogP contribution is -2.39. The van der Waals surface area contributed by atoms with Crippen molar-refractivity contribution in [2.75, 3.05) is 14.2 Å². The molecule has 0 radical (unpaired) electrons. The van der Waals surface area contributed by atoms with Crippen LogP contribution in [0, 0.1) is 5.92 Å². The molecule has 34 heavy (non-hydrogen) atoms. The largest absolute Gasteiger partial charge is 0.493 e. The Morgan fingerprint density at radius 2 is 1.85 bits per heavy atom. The predicted octanol–water partition coefficient (Wildman–Crippen LogP) is 3.46. The van der Waals surface area contributed by atoms with E-state index in [2.05, 4.69) is 11.4 Å². The highest BCUT2D eigenvalue weighted by atomic mass is 16.5. The third-order valence-electron chi connectivity index (χ3n) is 6.58. The van der Waals surface area contributed by atoms with E-state index in [4.69, 9.17) is 20.3 Å². The number of allylic oxidation sites excluding steroid dienone is 3. The van der Waals surface area contributed by atoms with E-state index in [-0.39, 0.29) is 23.8 Å². The highest BCUT2D eigenvalue weighted by Crippen LogP contribution is 2.32. The molecule has 4 rings (SSSR count). The van der Waals surface area contributed by atoms with Gasteiger partial charge in [-0.15, -0.1) is 0 Å². The number of aryl methyl sites for hydroxylation is 1. The van der Waals surface area contributed by atoms with Gasteiger partial charge in [0.25, 0.3) is 5.91 Å². The fourth-order valence-electron chi connectivity index (χ4n) is 4.64. The number of nitrogens with one attached hydrogen (secondary N) is 1. The van der Waals surface area contributed by atoms with Gasteiger partial charge in [-0.1, -0.05) is 12.2 Å². The Hall–Kier alpha value is -3.55. The van der Waals surface area contributed by atoms with E-state index < -0.39 is 0 Å². The lowest BCUT2D eigenvalue weighted by Gasteiger charge is -2.27.